The fourth-order valence-electron chi connectivity index (χ4n) is 1.58. The zero-order valence-corrected chi connectivity index (χ0v) is 11.0. The van der Waals surface area contributed by atoms with Gasteiger partial charge in [-0.05, 0) is 37.3 Å². The number of hydrogen-bond donors (Lipinski definition) is 2. The van der Waals surface area contributed by atoms with Crippen molar-refractivity contribution in [1.82, 2.24) is 0 Å². The molecular formula is C12H13FN2O3S. The Labute approximate surface area is 110 Å². The number of aryl methyl sites for hydroxylation is 1. The molecule has 0 radical (unpaired) electrons. The van der Waals surface area contributed by atoms with Crippen molar-refractivity contribution in [3.05, 3.63) is 47.7 Å². The Balaban J connectivity index is 2.14. The summed E-state index contributed by atoms with van der Waals surface area (Å²) in [4.78, 5) is -0.260. The highest BCUT2D eigenvalue weighted by Gasteiger charge is 2.11. The molecule has 0 saturated heterocycles. The number of hydrogen-bond acceptors (Lipinski definition) is 4. The van der Waals surface area contributed by atoms with Crippen LogP contribution in [0.1, 0.15) is 11.5 Å². The monoisotopic (exact) mass is 284 g/mol. The van der Waals surface area contributed by atoms with Crippen LogP contribution in [0.5, 0.6) is 0 Å². The van der Waals surface area contributed by atoms with Crippen LogP contribution in [0.15, 0.2) is 39.6 Å². The Morgan fingerprint density at radius 2 is 2.05 bits per heavy atom. The molecule has 0 aliphatic heterocycles. The number of primary sulfonamides is 1. The van der Waals surface area contributed by atoms with Crippen LogP contribution in [0.3, 0.4) is 0 Å². The predicted molar refractivity (Wildman–Crippen MR) is 68.5 cm³/mol. The van der Waals surface area contributed by atoms with Crippen molar-refractivity contribution in [2.24, 2.45) is 5.14 Å². The Hall–Kier alpha value is -1.86. The number of rotatable bonds is 4. The van der Waals surface area contributed by atoms with E-state index in [1.807, 2.05) is 6.92 Å². The number of halogens is 1. The Bertz CT molecular complexity index is 695. The molecule has 2 rings (SSSR count). The number of sulfonamides is 1. The largest absolute Gasteiger partial charge is 0.465 e. The van der Waals surface area contributed by atoms with Gasteiger partial charge in [0.15, 0.2) is 0 Å². The van der Waals surface area contributed by atoms with Crippen molar-refractivity contribution in [3.63, 3.8) is 0 Å². The van der Waals surface area contributed by atoms with Crippen molar-refractivity contribution in [2.75, 3.05) is 5.32 Å². The maximum absolute atomic E-state index is 13.7. The minimum absolute atomic E-state index is 0.182. The van der Waals surface area contributed by atoms with E-state index in [2.05, 4.69) is 5.32 Å². The lowest BCUT2D eigenvalue weighted by molar-refractivity contribution is 0.490. The van der Waals surface area contributed by atoms with Crippen LogP contribution in [0.2, 0.25) is 0 Å². The SMILES string of the molecule is Cc1ccc(CNc2ccc(S(N)(=O)=O)cc2F)o1. The third-order valence-corrected chi connectivity index (χ3v) is 3.43. The molecule has 0 spiro atoms. The second kappa shape index (κ2) is 5.02. The molecule has 0 aliphatic rings. The average molecular weight is 284 g/mol. The van der Waals surface area contributed by atoms with E-state index in [0.717, 1.165) is 11.8 Å². The number of benzene rings is 1. The second-order valence-electron chi connectivity index (χ2n) is 4.05. The summed E-state index contributed by atoms with van der Waals surface area (Å²) in [6.07, 6.45) is 0. The number of nitrogens with one attached hydrogen (secondary N) is 1. The first kappa shape index (κ1) is 13.6. The molecular weight excluding hydrogens is 271 g/mol. The first-order valence-electron chi connectivity index (χ1n) is 5.48. The van der Waals surface area contributed by atoms with Gasteiger partial charge in [0.25, 0.3) is 0 Å². The lowest BCUT2D eigenvalue weighted by Gasteiger charge is -2.07. The molecule has 1 aromatic heterocycles. The molecule has 0 fully saturated rings. The van der Waals surface area contributed by atoms with Crippen LogP contribution in [0, 0.1) is 12.7 Å². The van der Waals surface area contributed by atoms with E-state index >= 15 is 0 Å². The van der Waals surface area contributed by atoms with Crippen LogP contribution >= 0.6 is 0 Å². The van der Waals surface area contributed by atoms with E-state index in [1.165, 1.54) is 12.1 Å². The third-order valence-electron chi connectivity index (χ3n) is 2.52. The fourth-order valence-corrected chi connectivity index (χ4v) is 2.10. The first-order valence-corrected chi connectivity index (χ1v) is 7.02. The molecule has 0 bridgehead atoms. The topological polar surface area (TPSA) is 85.3 Å². The first-order chi connectivity index (χ1) is 8.86. The summed E-state index contributed by atoms with van der Waals surface area (Å²) in [6.45, 7) is 2.12. The summed E-state index contributed by atoms with van der Waals surface area (Å²) in [5.41, 5.74) is 0.182. The van der Waals surface area contributed by atoms with Crippen LogP contribution in [0.25, 0.3) is 0 Å². The van der Waals surface area contributed by atoms with E-state index in [0.29, 0.717) is 12.3 Å². The molecule has 0 atom stereocenters. The van der Waals surface area contributed by atoms with Gasteiger partial charge in [-0.25, -0.2) is 17.9 Å². The highest BCUT2D eigenvalue weighted by molar-refractivity contribution is 7.89. The number of furan rings is 1. The van der Waals surface area contributed by atoms with E-state index in [9.17, 15) is 12.8 Å². The maximum Gasteiger partial charge on any atom is 0.238 e. The predicted octanol–water partition coefficient (Wildman–Crippen LogP) is 1.99. The van der Waals surface area contributed by atoms with Crippen molar-refractivity contribution in [3.8, 4) is 0 Å². The van der Waals surface area contributed by atoms with Gasteiger partial charge in [0, 0.05) is 0 Å². The van der Waals surface area contributed by atoms with Crippen LogP contribution in [-0.4, -0.2) is 8.42 Å². The van der Waals surface area contributed by atoms with Gasteiger partial charge in [0.05, 0.1) is 17.1 Å². The maximum atomic E-state index is 13.7. The molecule has 1 heterocycles. The molecule has 0 saturated carbocycles. The van der Waals surface area contributed by atoms with Gasteiger partial charge >= 0.3 is 0 Å². The van der Waals surface area contributed by atoms with E-state index in [4.69, 9.17) is 9.56 Å². The summed E-state index contributed by atoms with van der Waals surface area (Å²) in [5, 5.41) is 7.73. The standard InChI is InChI=1S/C12H13FN2O3S/c1-8-2-3-9(18-8)7-15-12-5-4-10(6-11(12)13)19(14,16)17/h2-6,15H,7H2,1H3,(H2,14,16,17). The van der Waals surface area contributed by atoms with Gasteiger partial charge in [0.2, 0.25) is 10.0 Å². The molecule has 102 valence electrons. The molecule has 19 heavy (non-hydrogen) atoms. The number of anilines is 1. The van der Waals surface area contributed by atoms with E-state index in [-0.39, 0.29) is 10.6 Å². The third kappa shape index (κ3) is 3.33. The lowest BCUT2D eigenvalue weighted by atomic mass is 10.3. The van der Waals surface area contributed by atoms with Gasteiger partial charge in [-0.15, -0.1) is 0 Å². The summed E-state index contributed by atoms with van der Waals surface area (Å²) >= 11 is 0. The Kier molecular flexibility index (Phi) is 3.59. The van der Waals surface area contributed by atoms with Gasteiger partial charge < -0.3 is 9.73 Å². The highest BCUT2D eigenvalue weighted by atomic mass is 32.2. The average Bonchev–Trinajstić information content (AvgIpc) is 2.72. The lowest BCUT2D eigenvalue weighted by Crippen LogP contribution is -2.12. The second-order valence-corrected chi connectivity index (χ2v) is 5.61. The molecule has 0 unspecified atom stereocenters. The van der Waals surface area contributed by atoms with Crippen LogP contribution in [-0.2, 0) is 16.6 Å². The quantitative estimate of drug-likeness (QED) is 0.899. The summed E-state index contributed by atoms with van der Waals surface area (Å²) < 4.78 is 41.1. The zero-order valence-electron chi connectivity index (χ0n) is 10.2. The summed E-state index contributed by atoms with van der Waals surface area (Å²) in [5.74, 6) is 0.740. The molecule has 0 aliphatic carbocycles. The molecule has 0 amide bonds. The van der Waals surface area contributed by atoms with Crippen molar-refractivity contribution >= 4 is 15.7 Å². The normalized spacial score (nSPS) is 11.5. The molecule has 3 N–H and O–H groups in total. The number of nitrogens with two attached hydrogens (primary N) is 1. The van der Waals surface area contributed by atoms with E-state index in [1.54, 1.807) is 12.1 Å². The van der Waals surface area contributed by atoms with Gasteiger partial charge in [-0.2, -0.15) is 0 Å². The fraction of sp³-hybridized carbons (Fsp3) is 0.167. The molecule has 2 aromatic rings. The minimum atomic E-state index is -3.89. The van der Waals surface area contributed by atoms with Gasteiger partial charge in [0.1, 0.15) is 17.3 Å². The van der Waals surface area contributed by atoms with Crippen LogP contribution < -0.4 is 10.5 Å². The molecule has 1 aromatic carbocycles. The summed E-state index contributed by atoms with van der Waals surface area (Å²) in [7, 11) is -3.89. The van der Waals surface area contributed by atoms with E-state index < -0.39 is 15.8 Å². The molecule has 5 nitrogen and oxygen atoms in total. The zero-order chi connectivity index (χ0) is 14.0. The van der Waals surface area contributed by atoms with Gasteiger partial charge in [-0.1, -0.05) is 0 Å². The Morgan fingerprint density at radius 1 is 1.32 bits per heavy atom. The van der Waals surface area contributed by atoms with Crippen molar-refractivity contribution < 1.29 is 17.2 Å². The van der Waals surface area contributed by atoms with Crippen LogP contribution in [0.4, 0.5) is 10.1 Å². The smallest absolute Gasteiger partial charge is 0.238 e. The summed E-state index contributed by atoms with van der Waals surface area (Å²) in [6, 6.07) is 7.03. The highest BCUT2D eigenvalue weighted by Crippen LogP contribution is 2.19. The minimum Gasteiger partial charge on any atom is -0.465 e. The van der Waals surface area contributed by atoms with Crippen molar-refractivity contribution in [1.29, 1.82) is 0 Å². The van der Waals surface area contributed by atoms with Crippen molar-refractivity contribution in [2.45, 2.75) is 18.4 Å². The van der Waals surface area contributed by atoms with Gasteiger partial charge in [-0.3, -0.25) is 0 Å². The molecule has 7 heteroatoms. The Morgan fingerprint density at radius 3 is 2.58 bits per heavy atom.